The molecule has 0 fully saturated rings. The van der Waals surface area contributed by atoms with E-state index in [4.69, 9.17) is 18.0 Å². The molecule has 0 aliphatic rings. The number of nitrogens with zero attached hydrogens (tertiary/aromatic N) is 1. The lowest BCUT2D eigenvalue weighted by molar-refractivity contribution is 0.303. The molecule has 17 heavy (non-hydrogen) atoms. The third kappa shape index (κ3) is 5.29. The van der Waals surface area contributed by atoms with Crippen LogP contribution in [0.1, 0.15) is 31.4 Å². The molecular formula is C14H22N2S. The van der Waals surface area contributed by atoms with Crippen LogP contribution >= 0.6 is 12.2 Å². The Balaban J connectivity index is 2.56. The Morgan fingerprint density at radius 2 is 2.12 bits per heavy atom. The Kier molecular flexibility index (Phi) is 5.59. The highest BCUT2D eigenvalue weighted by molar-refractivity contribution is 7.80. The minimum absolute atomic E-state index is 0.469. The molecule has 0 bridgehead atoms. The zero-order valence-electron chi connectivity index (χ0n) is 10.9. The molecule has 0 saturated heterocycles. The summed E-state index contributed by atoms with van der Waals surface area (Å²) in [5, 5.41) is 0. The maximum absolute atomic E-state index is 5.63. The first-order valence-corrected chi connectivity index (χ1v) is 6.47. The average molecular weight is 250 g/mol. The molecule has 0 aliphatic carbocycles. The molecule has 0 aliphatic heterocycles. The van der Waals surface area contributed by atoms with Crippen LogP contribution < -0.4 is 5.73 Å². The molecule has 0 atom stereocenters. The van der Waals surface area contributed by atoms with E-state index >= 15 is 0 Å². The van der Waals surface area contributed by atoms with E-state index in [1.807, 2.05) is 12.1 Å². The van der Waals surface area contributed by atoms with E-state index in [1.165, 1.54) is 12.0 Å². The smallest absolute Gasteiger partial charge is 0.103 e. The van der Waals surface area contributed by atoms with E-state index in [9.17, 15) is 0 Å². The number of thiocarbonyl (C=S) groups is 1. The largest absolute Gasteiger partial charge is 0.389 e. The first-order valence-electron chi connectivity index (χ1n) is 6.06. The van der Waals surface area contributed by atoms with Crippen LogP contribution in [0.2, 0.25) is 0 Å². The zero-order valence-corrected chi connectivity index (χ0v) is 11.8. The normalized spacial score (nSPS) is 11.1. The SMILES string of the molecule is CC(C)CCN(C)Cc1cccc(C(N)=S)c1. The van der Waals surface area contributed by atoms with Crippen molar-refractivity contribution in [3.63, 3.8) is 0 Å². The molecule has 3 heteroatoms. The summed E-state index contributed by atoms with van der Waals surface area (Å²) < 4.78 is 0. The molecule has 1 aromatic carbocycles. The monoisotopic (exact) mass is 250 g/mol. The molecule has 94 valence electrons. The van der Waals surface area contributed by atoms with Crippen molar-refractivity contribution < 1.29 is 0 Å². The summed E-state index contributed by atoms with van der Waals surface area (Å²) in [4.78, 5) is 2.80. The molecule has 0 unspecified atom stereocenters. The first-order chi connectivity index (χ1) is 7.99. The van der Waals surface area contributed by atoms with Gasteiger partial charge in [-0.3, -0.25) is 0 Å². The lowest BCUT2D eigenvalue weighted by atomic mass is 10.1. The standard InChI is InChI=1S/C14H22N2S/c1-11(2)7-8-16(3)10-12-5-4-6-13(9-12)14(15)17/h4-6,9,11H,7-8,10H2,1-3H3,(H2,15,17). The molecule has 0 amide bonds. The van der Waals surface area contributed by atoms with Gasteiger partial charge in [0.2, 0.25) is 0 Å². The maximum Gasteiger partial charge on any atom is 0.103 e. The summed E-state index contributed by atoms with van der Waals surface area (Å²) in [7, 11) is 2.15. The Morgan fingerprint density at radius 3 is 2.71 bits per heavy atom. The first kappa shape index (κ1) is 14.1. The van der Waals surface area contributed by atoms with Crippen molar-refractivity contribution in [1.29, 1.82) is 0 Å². The van der Waals surface area contributed by atoms with E-state index in [0.29, 0.717) is 4.99 Å². The van der Waals surface area contributed by atoms with Crippen molar-refractivity contribution in [3.05, 3.63) is 35.4 Å². The lowest BCUT2D eigenvalue weighted by Crippen LogP contribution is -2.20. The second kappa shape index (κ2) is 6.72. The summed E-state index contributed by atoms with van der Waals surface area (Å²) in [6.07, 6.45) is 1.23. The van der Waals surface area contributed by atoms with E-state index in [2.05, 4.69) is 37.9 Å². The van der Waals surface area contributed by atoms with Gasteiger partial charge in [-0.2, -0.15) is 0 Å². The minimum Gasteiger partial charge on any atom is -0.389 e. The number of hydrogen-bond donors (Lipinski definition) is 1. The van der Waals surface area contributed by atoms with Crippen molar-refractivity contribution in [3.8, 4) is 0 Å². The molecule has 0 aromatic heterocycles. The summed E-state index contributed by atoms with van der Waals surface area (Å²) in [5.74, 6) is 0.750. The van der Waals surface area contributed by atoms with E-state index in [1.54, 1.807) is 0 Å². The summed E-state index contributed by atoms with van der Waals surface area (Å²) in [5.41, 5.74) is 7.85. The van der Waals surface area contributed by atoms with Crippen LogP contribution in [-0.2, 0) is 6.54 Å². The Morgan fingerprint density at radius 1 is 1.41 bits per heavy atom. The van der Waals surface area contributed by atoms with E-state index in [-0.39, 0.29) is 0 Å². The van der Waals surface area contributed by atoms with Crippen molar-refractivity contribution in [2.24, 2.45) is 11.7 Å². The van der Waals surface area contributed by atoms with Crippen molar-refractivity contribution in [1.82, 2.24) is 4.90 Å². The molecule has 0 saturated carbocycles. The van der Waals surface area contributed by atoms with Gasteiger partial charge in [-0.05, 0) is 37.6 Å². The van der Waals surface area contributed by atoms with Crippen molar-refractivity contribution in [2.45, 2.75) is 26.8 Å². The van der Waals surface area contributed by atoms with Crippen LogP contribution in [0.25, 0.3) is 0 Å². The molecule has 1 aromatic rings. The molecule has 0 heterocycles. The van der Waals surface area contributed by atoms with Gasteiger partial charge in [0.15, 0.2) is 0 Å². The number of nitrogens with two attached hydrogens (primary N) is 1. The van der Waals surface area contributed by atoms with Crippen LogP contribution in [0.15, 0.2) is 24.3 Å². The average Bonchev–Trinajstić information content (AvgIpc) is 2.26. The van der Waals surface area contributed by atoms with Crippen molar-refractivity contribution in [2.75, 3.05) is 13.6 Å². The topological polar surface area (TPSA) is 29.3 Å². The molecule has 2 nitrogen and oxygen atoms in total. The van der Waals surface area contributed by atoms with Crippen molar-refractivity contribution >= 4 is 17.2 Å². The Labute approximate surface area is 110 Å². The van der Waals surface area contributed by atoms with Gasteiger partial charge in [-0.25, -0.2) is 0 Å². The Hall–Kier alpha value is -0.930. The van der Waals surface area contributed by atoms with Gasteiger partial charge < -0.3 is 10.6 Å². The predicted octanol–water partition coefficient (Wildman–Crippen LogP) is 2.80. The van der Waals surface area contributed by atoms with Crippen LogP contribution in [0.5, 0.6) is 0 Å². The number of rotatable bonds is 6. The highest BCUT2D eigenvalue weighted by Crippen LogP contribution is 2.09. The lowest BCUT2D eigenvalue weighted by Gasteiger charge is -2.18. The van der Waals surface area contributed by atoms with E-state index < -0.39 is 0 Å². The van der Waals surface area contributed by atoms with Gasteiger partial charge in [0.1, 0.15) is 4.99 Å². The van der Waals surface area contributed by atoms with Gasteiger partial charge in [0.25, 0.3) is 0 Å². The fraction of sp³-hybridized carbons (Fsp3) is 0.500. The van der Waals surface area contributed by atoms with Gasteiger partial charge in [-0.15, -0.1) is 0 Å². The van der Waals surface area contributed by atoms with Crippen LogP contribution in [0.4, 0.5) is 0 Å². The van der Waals surface area contributed by atoms with Crippen LogP contribution in [0, 0.1) is 5.92 Å². The second-order valence-corrected chi connectivity index (χ2v) is 5.42. The van der Waals surface area contributed by atoms with Gasteiger partial charge in [0, 0.05) is 12.1 Å². The van der Waals surface area contributed by atoms with Gasteiger partial charge >= 0.3 is 0 Å². The molecule has 2 N–H and O–H groups in total. The maximum atomic E-state index is 5.63. The molecule has 1 rings (SSSR count). The zero-order chi connectivity index (χ0) is 12.8. The number of benzene rings is 1. The number of hydrogen-bond acceptors (Lipinski definition) is 2. The fourth-order valence-electron chi connectivity index (χ4n) is 1.69. The highest BCUT2D eigenvalue weighted by atomic mass is 32.1. The molecule has 0 spiro atoms. The third-order valence-corrected chi connectivity index (χ3v) is 2.99. The summed E-state index contributed by atoms with van der Waals surface area (Å²) in [6.45, 7) is 6.57. The fourth-order valence-corrected chi connectivity index (χ4v) is 1.82. The molecule has 0 radical (unpaired) electrons. The molecular weight excluding hydrogens is 228 g/mol. The van der Waals surface area contributed by atoms with Crippen LogP contribution in [-0.4, -0.2) is 23.5 Å². The second-order valence-electron chi connectivity index (χ2n) is 4.98. The highest BCUT2D eigenvalue weighted by Gasteiger charge is 2.03. The predicted molar refractivity (Wildman–Crippen MR) is 78.1 cm³/mol. The minimum atomic E-state index is 0.469. The summed E-state index contributed by atoms with van der Waals surface area (Å²) in [6, 6.07) is 8.17. The van der Waals surface area contributed by atoms with Crippen LogP contribution in [0.3, 0.4) is 0 Å². The quantitative estimate of drug-likeness (QED) is 0.787. The Bertz CT molecular complexity index is 374. The third-order valence-electron chi connectivity index (χ3n) is 2.75. The summed E-state index contributed by atoms with van der Waals surface area (Å²) >= 11 is 4.98. The van der Waals surface area contributed by atoms with E-state index in [0.717, 1.165) is 24.6 Å². The van der Waals surface area contributed by atoms with Gasteiger partial charge in [0.05, 0.1) is 0 Å². The van der Waals surface area contributed by atoms with Gasteiger partial charge in [-0.1, -0.05) is 44.3 Å².